The molecule has 0 fully saturated rings. The Morgan fingerprint density at radius 2 is 0.859 bits per heavy atom. The summed E-state index contributed by atoms with van der Waals surface area (Å²) >= 11 is 0. The van der Waals surface area contributed by atoms with E-state index >= 15 is 0 Å². The molecule has 1 aromatic heterocycles. The van der Waals surface area contributed by atoms with Gasteiger partial charge in [-0.15, -0.1) is 0 Å². The number of nitrogens with zero attached hydrogens (tertiary/aromatic N) is 2. The number of benzene rings is 10. The number of fused-ring (bicyclic) bond motifs is 13. The molecule has 3 heteroatoms. The van der Waals surface area contributed by atoms with Crippen molar-refractivity contribution < 1.29 is 11.3 Å². The van der Waals surface area contributed by atoms with Gasteiger partial charge in [0, 0.05) is 44.8 Å². The zero-order valence-corrected chi connectivity index (χ0v) is 34.5. The number of anilines is 6. The second kappa shape index (κ2) is 14.3. The minimum atomic E-state index is -0.804. The molecule has 0 amide bonds. The molecule has 1 heterocycles. The van der Waals surface area contributed by atoms with Crippen molar-refractivity contribution >= 4 is 56.1 Å². The van der Waals surface area contributed by atoms with Crippen LogP contribution < -0.4 is 9.80 Å². The van der Waals surface area contributed by atoms with Crippen molar-refractivity contribution in [1.82, 2.24) is 0 Å². The van der Waals surface area contributed by atoms with E-state index in [1.54, 1.807) is 0 Å². The van der Waals surface area contributed by atoms with Crippen LogP contribution in [0.15, 0.2) is 247 Å². The molecule has 64 heavy (non-hydrogen) atoms. The summed E-state index contributed by atoms with van der Waals surface area (Å²) in [6.07, 6.45) is 0. The van der Waals surface area contributed by atoms with Gasteiger partial charge < -0.3 is 14.2 Å². The van der Waals surface area contributed by atoms with Crippen molar-refractivity contribution in [2.75, 3.05) is 9.80 Å². The highest BCUT2D eigenvalue weighted by molar-refractivity contribution is 6.07. The summed E-state index contributed by atoms with van der Waals surface area (Å²) in [5.74, 6) is 0. The molecule has 0 saturated heterocycles. The fourth-order valence-corrected chi connectivity index (χ4v) is 10.5. The van der Waals surface area contributed by atoms with Crippen molar-refractivity contribution in [3.8, 4) is 33.4 Å². The Labute approximate surface area is 379 Å². The molecule has 2 aliphatic rings. The van der Waals surface area contributed by atoms with Gasteiger partial charge in [0.1, 0.15) is 11.2 Å². The van der Waals surface area contributed by atoms with Gasteiger partial charge in [-0.2, -0.15) is 0 Å². The topological polar surface area (TPSA) is 19.6 Å². The van der Waals surface area contributed by atoms with Crippen LogP contribution in [0.5, 0.6) is 0 Å². The molecule has 10 aromatic carbocycles. The van der Waals surface area contributed by atoms with Gasteiger partial charge in [-0.3, -0.25) is 0 Å². The smallest absolute Gasteiger partial charge is 0.135 e. The largest absolute Gasteiger partial charge is 0.456 e. The fourth-order valence-electron chi connectivity index (χ4n) is 10.5. The summed E-state index contributed by atoms with van der Waals surface area (Å²) < 4.78 is 50.7. The molecule has 13 rings (SSSR count). The molecule has 11 aromatic rings. The third-order valence-electron chi connectivity index (χ3n) is 13.1. The third-order valence-corrected chi connectivity index (χ3v) is 13.1. The van der Waals surface area contributed by atoms with Gasteiger partial charge in [-0.1, -0.05) is 164 Å². The predicted molar refractivity (Wildman–Crippen MR) is 265 cm³/mol. The number of furan rings is 1. The highest BCUT2D eigenvalue weighted by Gasteiger charge is 2.52. The average Bonchev–Trinajstić information content (AvgIpc) is 4.03. The van der Waals surface area contributed by atoms with Gasteiger partial charge >= 0.3 is 0 Å². The lowest BCUT2D eigenvalue weighted by atomic mass is 9.70. The molecular formula is C61H40N2O. The maximum atomic E-state index is 9.20. The van der Waals surface area contributed by atoms with E-state index in [1.165, 1.54) is 0 Å². The van der Waals surface area contributed by atoms with E-state index < -0.39 is 11.5 Å². The van der Waals surface area contributed by atoms with Crippen LogP contribution in [-0.2, 0) is 5.41 Å². The Balaban J connectivity index is 1.09. The van der Waals surface area contributed by atoms with Crippen LogP contribution in [0, 0.1) is 0 Å². The molecule has 0 aliphatic heterocycles. The maximum absolute atomic E-state index is 9.20. The van der Waals surface area contributed by atoms with Crippen molar-refractivity contribution in [2.24, 2.45) is 0 Å². The van der Waals surface area contributed by atoms with Gasteiger partial charge in [0.25, 0.3) is 0 Å². The summed E-state index contributed by atoms with van der Waals surface area (Å²) in [7, 11) is 0. The second-order valence-electron chi connectivity index (χ2n) is 16.4. The molecule has 0 N–H and O–H groups in total. The summed E-state index contributed by atoms with van der Waals surface area (Å²) in [4.78, 5) is 4.18. The number of para-hydroxylation sites is 4. The minimum absolute atomic E-state index is 0.0845. The Morgan fingerprint density at radius 3 is 1.56 bits per heavy atom. The third kappa shape index (κ3) is 5.34. The molecule has 3 nitrogen and oxygen atoms in total. The molecule has 1 spiro atoms. The van der Waals surface area contributed by atoms with Crippen molar-refractivity contribution in [3.63, 3.8) is 0 Å². The van der Waals surface area contributed by atoms with Crippen LogP contribution in [0.2, 0.25) is 0 Å². The Bertz CT molecular complexity index is 3850. The van der Waals surface area contributed by atoms with Crippen LogP contribution in [0.3, 0.4) is 0 Å². The molecule has 1 unspecified atom stereocenters. The average molecular weight is 822 g/mol. The Kier molecular flexibility index (Phi) is 7.04. The first kappa shape index (κ1) is 31.4. The van der Waals surface area contributed by atoms with Gasteiger partial charge in [0.05, 0.1) is 18.0 Å². The maximum Gasteiger partial charge on any atom is 0.135 e. The van der Waals surface area contributed by atoms with Crippen LogP contribution in [0.4, 0.5) is 34.1 Å². The molecule has 0 saturated carbocycles. The summed E-state index contributed by atoms with van der Waals surface area (Å²) in [5.41, 5.74) is 16.4. The van der Waals surface area contributed by atoms with E-state index in [4.69, 9.17) is 8.53 Å². The van der Waals surface area contributed by atoms with E-state index in [-0.39, 0.29) is 29.9 Å². The lowest BCUT2D eigenvalue weighted by Gasteiger charge is -2.33. The minimum Gasteiger partial charge on any atom is -0.456 e. The number of rotatable bonds is 7. The van der Waals surface area contributed by atoms with E-state index in [0.29, 0.717) is 11.4 Å². The van der Waals surface area contributed by atoms with Crippen molar-refractivity contribution in [3.05, 3.63) is 265 Å². The molecule has 1 atom stereocenters. The number of hydrogen-bond donors (Lipinski definition) is 0. The zero-order chi connectivity index (χ0) is 46.5. The molecule has 0 radical (unpaired) electrons. The fraction of sp³-hybridized carbons (Fsp3) is 0.0164. The SMILES string of the molecule is [2H]c1c([2H])c([2H])c(N(c2ccccc2)c2ccc3c(c2)C2(c4ccccc4-c4ccc(N(c5ccc6oc7ccccc7c6c5)c5ccccc5-c5ccccc5)cc42)c2ccccc2-3)c([2H])c1[2H]. The van der Waals surface area contributed by atoms with E-state index in [9.17, 15) is 2.74 Å². The van der Waals surface area contributed by atoms with Gasteiger partial charge in [0.15, 0.2) is 0 Å². The predicted octanol–water partition coefficient (Wildman–Crippen LogP) is 16.5. The summed E-state index contributed by atoms with van der Waals surface area (Å²) in [6.45, 7) is 0. The normalized spacial score (nSPS) is 15.4. The summed E-state index contributed by atoms with van der Waals surface area (Å²) in [6, 6.07) is 72.1. The van der Waals surface area contributed by atoms with Gasteiger partial charge in [-0.05, 0) is 129 Å². The first-order valence-corrected chi connectivity index (χ1v) is 21.6. The van der Waals surface area contributed by atoms with Crippen LogP contribution in [-0.4, -0.2) is 0 Å². The van der Waals surface area contributed by atoms with E-state index in [1.807, 2.05) is 59.5 Å². The summed E-state index contributed by atoms with van der Waals surface area (Å²) in [5, 5.41) is 2.08. The molecule has 2 aliphatic carbocycles. The molecule has 300 valence electrons. The van der Waals surface area contributed by atoms with Crippen LogP contribution in [0.1, 0.15) is 29.1 Å². The lowest BCUT2D eigenvalue weighted by molar-refractivity contribution is 0.669. The van der Waals surface area contributed by atoms with Gasteiger partial charge in [-0.25, -0.2) is 0 Å². The Hall–Kier alpha value is -8.40. The number of hydrogen-bond acceptors (Lipinski definition) is 3. The highest BCUT2D eigenvalue weighted by atomic mass is 16.3. The van der Waals surface area contributed by atoms with E-state index in [2.05, 4.69) is 163 Å². The van der Waals surface area contributed by atoms with E-state index in [0.717, 1.165) is 94.6 Å². The molecular weight excluding hydrogens is 777 g/mol. The molecule has 0 bridgehead atoms. The first-order chi connectivity index (χ1) is 33.8. The Morgan fingerprint density at radius 1 is 0.344 bits per heavy atom. The standard InChI is InChI=1S/C61H40N2O/c1-4-18-41(19-5-1)47-24-12-16-30-58(47)63(44-34-37-60-53(38-44)52-27-13-17-31-59(52)64-60)46-33-36-51-49-26-11-15-29-55(49)61(57(51)40-46)54-28-14-10-25-48(54)50-35-32-45(39-56(50)61)62(42-20-6-2-7-21-42)43-22-8-3-9-23-43/h1-40H/i2D,6D,7D,20D,21D. The van der Waals surface area contributed by atoms with Crippen molar-refractivity contribution in [1.29, 1.82) is 0 Å². The highest BCUT2D eigenvalue weighted by Crippen LogP contribution is 2.64. The second-order valence-corrected chi connectivity index (χ2v) is 16.4. The lowest BCUT2D eigenvalue weighted by Crippen LogP contribution is -2.26. The zero-order valence-electron chi connectivity index (χ0n) is 39.5. The monoisotopic (exact) mass is 821 g/mol. The quantitative estimate of drug-likeness (QED) is 0.160. The van der Waals surface area contributed by atoms with Gasteiger partial charge in [0.2, 0.25) is 0 Å². The van der Waals surface area contributed by atoms with Crippen molar-refractivity contribution in [2.45, 2.75) is 5.41 Å². The van der Waals surface area contributed by atoms with Crippen LogP contribution >= 0.6 is 0 Å². The first-order valence-electron chi connectivity index (χ1n) is 24.1. The van der Waals surface area contributed by atoms with Crippen LogP contribution in [0.25, 0.3) is 55.3 Å².